The zero-order valence-corrected chi connectivity index (χ0v) is 13.5. The van der Waals surface area contributed by atoms with Crippen molar-refractivity contribution in [1.29, 1.82) is 5.26 Å². The first kappa shape index (κ1) is 17.6. The zero-order valence-electron chi connectivity index (χ0n) is 13.5. The van der Waals surface area contributed by atoms with Crippen molar-refractivity contribution >= 4 is 12.0 Å². The molecule has 2 N–H and O–H groups in total. The molecule has 2 aromatic rings. The van der Waals surface area contributed by atoms with Crippen LogP contribution in [0.3, 0.4) is 0 Å². The highest BCUT2D eigenvalue weighted by Crippen LogP contribution is 2.35. The van der Waals surface area contributed by atoms with Gasteiger partial charge in [0.05, 0.1) is 12.7 Å². The molecule has 1 fully saturated rings. The minimum atomic E-state index is -1.19. The second-order valence-electron chi connectivity index (χ2n) is 5.54. The Balaban J connectivity index is 2.00. The van der Waals surface area contributed by atoms with Crippen LogP contribution in [0, 0.1) is 11.3 Å². The van der Waals surface area contributed by atoms with E-state index in [4.69, 9.17) is 10.3 Å². The lowest BCUT2D eigenvalue weighted by Gasteiger charge is -2.17. The van der Waals surface area contributed by atoms with Crippen LogP contribution in [0.15, 0.2) is 46.8 Å². The highest BCUT2D eigenvalue weighted by molar-refractivity contribution is 5.81. The van der Waals surface area contributed by atoms with Gasteiger partial charge in [-0.2, -0.15) is 5.26 Å². The Morgan fingerprint density at radius 3 is 2.85 bits per heavy atom. The van der Waals surface area contributed by atoms with Crippen LogP contribution in [0.1, 0.15) is 17.5 Å². The number of hydrogen-bond donors (Lipinski definition) is 2. The summed E-state index contributed by atoms with van der Waals surface area (Å²) < 4.78 is 7.01. The summed E-state index contributed by atoms with van der Waals surface area (Å²) in [5.41, 5.74) is 9.64. The second kappa shape index (κ2) is 7.77. The van der Waals surface area contributed by atoms with E-state index in [0.717, 1.165) is 5.56 Å². The Labute approximate surface area is 148 Å². The van der Waals surface area contributed by atoms with Crippen LogP contribution in [0.25, 0.3) is 10.4 Å². The van der Waals surface area contributed by atoms with E-state index >= 15 is 0 Å². The van der Waals surface area contributed by atoms with Crippen molar-refractivity contribution in [1.82, 2.24) is 9.55 Å². The molecule has 26 heavy (non-hydrogen) atoms. The van der Waals surface area contributed by atoms with Gasteiger partial charge in [-0.15, -0.1) is 0 Å². The molecule has 10 nitrogen and oxygen atoms in total. The van der Waals surface area contributed by atoms with Crippen molar-refractivity contribution in [3.05, 3.63) is 58.4 Å². The number of nitriles is 1. The molecule has 1 saturated heterocycles. The molecule has 1 aromatic carbocycles. The van der Waals surface area contributed by atoms with E-state index in [2.05, 4.69) is 20.0 Å². The third kappa shape index (κ3) is 3.28. The minimum absolute atomic E-state index is 0.0578. The number of aliphatic hydroxyl groups excluding tert-OH is 2. The third-order valence-electron chi connectivity index (χ3n) is 3.99. The first-order valence-corrected chi connectivity index (χ1v) is 7.74. The number of aromatic nitrogens is 2. The minimum Gasteiger partial charge on any atom is -0.394 e. The molecule has 132 valence electrons. The summed E-state index contributed by atoms with van der Waals surface area (Å²) in [7, 11) is 0. The first-order valence-electron chi connectivity index (χ1n) is 7.74. The Bertz CT molecular complexity index is 883. The maximum atomic E-state index is 10.2. The zero-order chi connectivity index (χ0) is 18.5. The summed E-state index contributed by atoms with van der Waals surface area (Å²) in [6, 6.07) is 10.2. The number of azide groups is 1. The van der Waals surface area contributed by atoms with Crippen molar-refractivity contribution in [2.45, 2.75) is 24.5 Å². The first-order chi connectivity index (χ1) is 12.7. The quantitative estimate of drug-likeness (QED) is 0.360. The summed E-state index contributed by atoms with van der Waals surface area (Å²) >= 11 is 0. The topological polar surface area (TPSA) is 152 Å². The maximum absolute atomic E-state index is 10.2. The molecule has 0 bridgehead atoms. The molecule has 1 aromatic heterocycles. The molecule has 3 rings (SSSR count). The predicted octanol–water partition coefficient (Wildman–Crippen LogP) is 1.43. The largest absolute Gasteiger partial charge is 0.394 e. The summed E-state index contributed by atoms with van der Waals surface area (Å²) in [5.74, 6) is 0.199. The highest BCUT2D eigenvalue weighted by Gasteiger charge is 2.44. The van der Waals surface area contributed by atoms with Gasteiger partial charge in [-0.25, -0.2) is 9.98 Å². The molecule has 0 aliphatic carbocycles. The van der Waals surface area contributed by atoms with Gasteiger partial charge in [-0.05, 0) is 11.1 Å². The van der Waals surface area contributed by atoms with E-state index in [1.165, 1.54) is 10.9 Å². The summed E-state index contributed by atoms with van der Waals surface area (Å²) in [6.45, 7) is -0.447. The van der Waals surface area contributed by atoms with Crippen LogP contribution in [0.4, 0.5) is 5.82 Å². The van der Waals surface area contributed by atoms with E-state index in [1.807, 2.05) is 36.4 Å². The van der Waals surface area contributed by atoms with Crippen LogP contribution in [0.2, 0.25) is 0 Å². The van der Waals surface area contributed by atoms with Gasteiger partial charge in [-0.3, -0.25) is 4.57 Å². The monoisotopic (exact) mass is 353 g/mol. The van der Waals surface area contributed by atoms with Crippen molar-refractivity contribution < 1.29 is 14.9 Å². The molecule has 0 amide bonds. The van der Waals surface area contributed by atoms with Gasteiger partial charge in [0.15, 0.2) is 11.5 Å². The van der Waals surface area contributed by atoms with Gasteiger partial charge >= 0.3 is 0 Å². The summed E-state index contributed by atoms with van der Waals surface area (Å²) in [6.07, 6.45) is -0.177. The third-order valence-corrected chi connectivity index (χ3v) is 3.99. The SMILES string of the molecule is N#Cc1ncn([C@@H]2O[C@H](CO)[C@@H](O)[C@@H]2N=[N+]=[N-])c1N=Cc1ccccc1. The molecular formula is C16H15N7O3. The molecule has 10 heteroatoms. The number of rotatable bonds is 5. The van der Waals surface area contributed by atoms with Gasteiger partial charge in [0, 0.05) is 11.1 Å². The number of aliphatic imine (C=N–C) groups is 1. The fourth-order valence-corrected chi connectivity index (χ4v) is 2.72. The smallest absolute Gasteiger partial charge is 0.185 e. The average molecular weight is 353 g/mol. The number of imidazole rings is 1. The van der Waals surface area contributed by atoms with E-state index in [1.54, 1.807) is 6.21 Å². The Hall–Kier alpha value is -3.22. The standard InChI is InChI=1S/C16H15N7O3/c17-6-11-15(19-7-10-4-2-1-3-5-10)23(9-20-11)16-13(21-22-18)14(25)12(8-24)26-16/h1-5,7,9,12-14,16,24-25H,8H2/t12-,13+,14-,16-/m1/s1. The fraction of sp³-hybridized carbons (Fsp3) is 0.312. The number of ether oxygens (including phenoxy) is 1. The van der Waals surface area contributed by atoms with Gasteiger partial charge in [-0.1, -0.05) is 35.4 Å². The van der Waals surface area contributed by atoms with Crippen molar-refractivity contribution in [2.24, 2.45) is 10.1 Å². The lowest BCUT2D eigenvalue weighted by Crippen LogP contribution is -2.31. The summed E-state index contributed by atoms with van der Waals surface area (Å²) in [5, 5.41) is 32.4. The molecule has 0 spiro atoms. The average Bonchev–Trinajstić information content (AvgIpc) is 3.22. The van der Waals surface area contributed by atoms with Crippen LogP contribution in [0.5, 0.6) is 0 Å². The van der Waals surface area contributed by atoms with E-state index in [-0.39, 0.29) is 11.5 Å². The number of aliphatic hydroxyl groups is 2. The normalized spacial score (nSPS) is 25.1. The van der Waals surface area contributed by atoms with E-state index < -0.39 is 31.1 Å². The highest BCUT2D eigenvalue weighted by atomic mass is 16.5. The molecule has 1 aliphatic rings. The summed E-state index contributed by atoms with van der Waals surface area (Å²) in [4.78, 5) is 11.0. The molecule has 4 atom stereocenters. The molecular weight excluding hydrogens is 338 g/mol. The van der Waals surface area contributed by atoms with E-state index in [0.29, 0.717) is 0 Å². The second-order valence-corrected chi connectivity index (χ2v) is 5.54. The maximum Gasteiger partial charge on any atom is 0.185 e. The molecule has 2 heterocycles. The van der Waals surface area contributed by atoms with Crippen LogP contribution in [-0.2, 0) is 4.74 Å². The Morgan fingerprint density at radius 2 is 2.19 bits per heavy atom. The van der Waals surface area contributed by atoms with Crippen LogP contribution >= 0.6 is 0 Å². The number of hydrogen-bond acceptors (Lipinski definition) is 7. The lowest BCUT2D eigenvalue weighted by atomic mass is 10.1. The fourth-order valence-electron chi connectivity index (χ4n) is 2.72. The van der Waals surface area contributed by atoms with Crippen molar-refractivity contribution in [2.75, 3.05) is 6.61 Å². The Kier molecular flexibility index (Phi) is 5.26. The van der Waals surface area contributed by atoms with Gasteiger partial charge in [0.25, 0.3) is 0 Å². The van der Waals surface area contributed by atoms with Gasteiger partial charge in [0.1, 0.15) is 30.8 Å². The predicted molar refractivity (Wildman–Crippen MR) is 90.6 cm³/mol. The molecule has 0 saturated carbocycles. The van der Waals surface area contributed by atoms with Crippen molar-refractivity contribution in [3.63, 3.8) is 0 Å². The number of nitrogens with zero attached hydrogens (tertiary/aromatic N) is 7. The van der Waals surface area contributed by atoms with Crippen LogP contribution < -0.4 is 0 Å². The molecule has 1 aliphatic heterocycles. The van der Waals surface area contributed by atoms with Gasteiger partial charge < -0.3 is 14.9 Å². The Morgan fingerprint density at radius 1 is 1.42 bits per heavy atom. The molecule has 0 radical (unpaired) electrons. The van der Waals surface area contributed by atoms with Crippen molar-refractivity contribution in [3.8, 4) is 6.07 Å². The number of benzene rings is 1. The van der Waals surface area contributed by atoms with E-state index in [9.17, 15) is 15.5 Å². The lowest BCUT2D eigenvalue weighted by molar-refractivity contribution is -0.0443. The van der Waals surface area contributed by atoms with Gasteiger partial charge in [0.2, 0.25) is 0 Å². The molecule has 0 unspecified atom stereocenters. The van der Waals surface area contributed by atoms with Crippen LogP contribution in [-0.4, -0.2) is 50.8 Å².